The lowest BCUT2D eigenvalue weighted by atomic mass is 9.98. The predicted molar refractivity (Wildman–Crippen MR) is 43.7 cm³/mol. The second kappa shape index (κ2) is 2.48. The Morgan fingerprint density at radius 1 is 1.45 bits per heavy atom. The fraction of sp³-hybridized carbons (Fsp3) is 0.375. The van der Waals surface area contributed by atoms with Gasteiger partial charge in [-0.2, -0.15) is 0 Å². The molecule has 0 unspecified atom stereocenters. The van der Waals surface area contributed by atoms with Crippen LogP contribution in [0.4, 0.5) is 0 Å². The first-order valence-electron chi connectivity index (χ1n) is 3.59. The molecule has 1 heterocycles. The molecule has 0 spiro atoms. The van der Waals surface area contributed by atoms with Crippen molar-refractivity contribution in [1.29, 1.82) is 0 Å². The maximum atomic E-state index is 11.2. The summed E-state index contributed by atoms with van der Waals surface area (Å²) in [5.41, 5.74) is 1.05. The zero-order valence-corrected chi connectivity index (χ0v) is 7.48. The van der Waals surface area contributed by atoms with Gasteiger partial charge < -0.3 is 4.42 Å². The molecule has 0 atom stereocenters. The number of fused-ring (bicyclic) bond motifs is 1. The quantitative estimate of drug-likeness (QED) is 0.665. The van der Waals surface area contributed by atoms with Crippen LogP contribution in [0.25, 0.3) is 0 Å². The molecule has 2 rings (SSSR count). The standard InChI is InChI=1S/C8H7BrO2/c9-7-4-5-2-1-3-6(10)8(5)11-7/h4H,1-3H2. The topological polar surface area (TPSA) is 30.2 Å². The minimum absolute atomic E-state index is 0.136. The van der Waals surface area contributed by atoms with Crippen LogP contribution in [-0.4, -0.2) is 5.78 Å². The van der Waals surface area contributed by atoms with Gasteiger partial charge in [0.2, 0.25) is 0 Å². The van der Waals surface area contributed by atoms with Crippen LogP contribution in [0.5, 0.6) is 0 Å². The van der Waals surface area contributed by atoms with Gasteiger partial charge in [-0.3, -0.25) is 4.79 Å². The third-order valence-electron chi connectivity index (χ3n) is 1.88. The summed E-state index contributed by atoms with van der Waals surface area (Å²) in [4.78, 5) is 11.2. The minimum Gasteiger partial charge on any atom is -0.446 e. The summed E-state index contributed by atoms with van der Waals surface area (Å²) >= 11 is 3.20. The van der Waals surface area contributed by atoms with E-state index >= 15 is 0 Å². The fourth-order valence-electron chi connectivity index (χ4n) is 1.37. The van der Waals surface area contributed by atoms with E-state index in [1.165, 1.54) is 0 Å². The van der Waals surface area contributed by atoms with Gasteiger partial charge in [0, 0.05) is 12.0 Å². The molecule has 3 heteroatoms. The average Bonchev–Trinajstić information content (AvgIpc) is 2.31. The molecule has 0 aliphatic heterocycles. The molecule has 0 fully saturated rings. The summed E-state index contributed by atoms with van der Waals surface area (Å²) in [6.45, 7) is 0. The SMILES string of the molecule is O=C1CCCc2cc(Br)oc21. The molecule has 0 bridgehead atoms. The van der Waals surface area contributed by atoms with E-state index in [0.29, 0.717) is 16.9 Å². The maximum absolute atomic E-state index is 11.2. The molecule has 0 saturated heterocycles. The number of hydrogen-bond donors (Lipinski definition) is 0. The summed E-state index contributed by atoms with van der Waals surface area (Å²) in [6.07, 6.45) is 2.56. The third kappa shape index (κ3) is 1.13. The summed E-state index contributed by atoms with van der Waals surface area (Å²) in [5, 5.41) is 0. The van der Waals surface area contributed by atoms with Gasteiger partial charge in [0.15, 0.2) is 16.2 Å². The Morgan fingerprint density at radius 2 is 2.27 bits per heavy atom. The molecule has 1 aromatic heterocycles. The third-order valence-corrected chi connectivity index (χ3v) is 2.27. The Hall–Kier alpha value is -0.570. The second-order valence-electron chi connectivity index (χ2n) is 2.68. The number of ketones is 1. The fourth-order valence-corrected chi connectivity index (χ4v) is 1.81. The van der Waals surface area contributed by atoms with Crippen molar-refractivity contribution in [2.75, 3.05) is 0 Å². The van der Waals surface area contributed by atoms with Crippen LogP contribution in [0.15, 0.2) is 15.2 Å². The van der Waals surface area contributed by atoms with Crippen molar-refractivity contribution in [2.24, 2.45) is 0 Å². The van der Waals surface area contributed by atoms with Gasteiger partial charge in [0.1, 0.15) is 0 Å². The second-order valence-corrected chi connectivity index (χ2v) is 3.46. The molecule has 0 N–H and O–H groups in total. The zero-order chi connectivity index (χ0) is 7.84. The van der Waals surface area contributed by atoms with E-state index in [1.807, 2.05) is 6.07 Å². The molecule has 1 aliphatic carbocycles. The molecular weight excluding hydrogens is 208 g/mol. The number of hydrogen-bond acceptors (Lipinski definition) is 2. The first-order chi connectivity index (χ1) is 5.27. The van der Waals surface area contributed by atoms with Crippen LogP contribution in [0.3, 0.4) is 0 Å². The van der Waals surface area contributed by atoms with E-state index in [9.17, 15) is 4.79 Å². The van der Waals surface area contributed by atoms with Crippen molar-refractivity contribution >= 4 is 21.7 Å². The van der Waals surface area contributed by atoms with Gasteiger partial charge >= 0.3 is 0 Å². The van der Waals surface area contributed by atoms with Gasteiger partial charge in [0.25, 0.3) is 0 Å². The molecular formula is C8H7BrO2. The molecule has 1 aliphatic rings. The van der Waals surface area contributed by atoms with Crippen molar-refractivity contribution in [3.05, 3.63) is 22.1 Å². The summed E-state index contributed by atoms with van der Waals surface area (Å²) < 4.78 is 5.85. The van der Waals surface area contributed by atoms with Crippen molar-refractivity contribution in [3.63, 3.8) is 0 Å². The van der Waals surface area contributed by atoms with Gasteiger partial charge in [-0.25, -0.2) is 0 Å². The van der Waals surface area contributed by atoms with Gasteiger partial charge in [0.05, 0.1) is 0 Å². The van der Waals surface area contributed by atoms with E-state index in [4.69, 9.17) is 4.42 Å². The Morgan fingerprint density at radius 3 is 3.00 bits per heavy atom. The molecule has 0 radical (unpaired) electrons. The highest BCUT2D eigenvalue weighted by Gasteiger charge is 2.21. The van der Waals surface area contributed by atoms with Crippen molar-refractivity contribution in [2.45, 2.75) is 19.3 Å². The van der Waals surface area contributed by atoms with Crippen LogP contribution in [0.2, 0.25) is 0 Å². The van der Waals surface area contributed by atoms with Crippen LogP contribution >= 0.6 is 15.9 Å². The van der Waals surface area contributed by atoms with Crippen LogP contribution in [0, 0.1) is 0 Å². The van der Waals surface area contributed by atoms with Crippen LogP contribution in [-0.2, 0) is 6.42 Å². The lowest BCUT2D eigenvalue weighted by Gasteiger charge is -2.06. The minimum atomic E-state index is 0.136. The van der Waals surface area contributed by atoms with Gasteiger partial charge in [-0.1, -0.05) is 0 Å². The van der Waals surface area contributed by atoms with E-state index in [1.54, 1.807) is 0 Å². The van der Waals surface area contributed by atoms with Crippen LogP contribution < -0.4 is 0 Å². The molecule has 0 amide bonds. The monoisotopic (exact) mass is 214 g/mol. The highest BCUT2D eigenvalue weighted by molar-refractivity contribution is 9.10. The highest BCUT2D eigenvalue weighted by atomic mass is 79.9. The first-order valence-corrected chi connectivity index (χ1v) is 4.38. The Bertz CT molecular complexity index is 301. The van der Waals surface area contributed by atoms with Crippen molar-refractivity contribution in [1.82, 2.24) is 0 Å². The number of carbonyl (C=O) groups excluding carboxylic acids is 1. The summed E-state index contributed by atoms with van der Waals surface area (Å²) in [5.74, 6) is 0.695. The predicted octanol–water partition coefficient (Wildman–Crippen LogP) is 2.56. The van der Waals surface area contributed by atoms with E-state index in [-0.39, 0.29) is 5.78 Å². The number of rotatable bonds is 0. The number of furan rings is 1. The lowest BCUT2D eigenvalue weighted by Crippen LogP contribution is -2.07. The van der Waals surface area contributed by atoms with Crippen molar-refractivity contribution in [3.8, 4) is 0 Å². The highest BCUT2D eigenvalue weighted by Crippen LogP contribution is 2.27. The van der Waals surface area contributed by atoms with Gasteiger partial charge in [-0.15, -0.1) is 0 Å². The maximum Gasteiger partial charge on any atom is 0.198 e. The summed E-state index contributed by atoms with van der Waals surface area (Å²) in [6, 6.07) is 1.88. The van der Waals surface area contributed by atoms with E-state index in [0.717, 1.165) is 18.4 Å². The Kier molecular flexibility index (Phi) is 1.60. The molecule has 1 aromatic rings. The lowest BCUT2D eigenvalue weighted by molar-refractivity contribution is 0.0942. The molecule has 0 saturated carbocycles. The average molecular weight is 215 g/mol. The van der Waals surface area contributed by atoms with E-state index in [2.05, 4.69) is 15.9 Å². The number of aryl methyl sites for hydroxylation is 1. The zero-order valence-electron chi connectivity index (χ0n) is 5.89. The largest absolute Gasteiger partial charge is 0.446 e. The molecule has 11 heavy (non-hydrogen) atoms. The van der Waals surface area contributed by atoms with E-state index < -0.39 is 0 Å². The first kappa shape index (κ1) is 7.10. The molecule has 0 aromatic carbocycles. The summed E-state index contributed by atoms with van der Waals surface area (Å²) in [7, 11) is 0. The molecule has 58 valence electrons. The number of halogens is 1. The normalized spacial score (nSPS) is 16.6. The smallest absolute Gasteiger partial charge is 0.198 e. The Balaban J connectivity index is 2.52. The number of carbonyl (C=O) groups is 1. The number of Topliss-reactive ketones (excluding diaryl/α,β-unsaturated/α-hetero) is 1. The van der Waals surface area contributed by atoms with Crippen LogP contribution in [0.1, 0.15) is 29.0 Å². The molecule has 2 nitrogen and oxygen atoms in total. The Labute approximate surface area is 72.7 Å². The van der Waals surface area contributed by atoms with Crippen molar-refractivity contribution < 1.29 is 9.21 Å². The van der Waals surface area contributed by atoms with Gasteiger partial charge in [-0.05, 0) is 34.8 Å².